The molecule has 0 aromatic heterocycles. The van der Waals surface area contributed by atoms with Gasteiger partial charge in [0.15, 0.2) is 11.6 Å². The van der Waals surface area contributed by atoms with Gasteiger partial charge in [0, 0.05) is 22.3 Å². The molecule has 0 spiro atoms. The fourth-order valence-corrected chi connectivity index (χ4v) is 3.81. The van der Waals surface area contributed by atoms with Crippen LogP contribution in [0, 0.1) is 12.8 Å². The molecule has 0 fully saturated rings. The van der Waals surface area contributed by atoms with E-state index in [1.807, 2.05) is 85.8 Å². The van der Waals surface area contributed by atoms with Crippen molar-refractivity contribution in [1.82, 2.24) is 0 Å². The van der Waals surface area contributed by atoms with Crippen LogP contribution in [0.1, 0.15) is 52.1 Å². The van der Waals surface area contributed by atoms with Gasteiger partial charge in [-0.05, 0) is 37.3 Å². The lowest BCUT2D eigenvalue weighted by Gasteiger charge is -2.18. The number of allylic oxidation sites excluding steroid dienone is 4. The maximum atomic E-state index is 12.8. The predicted octanol–water partition coefficient (Wildman–Crippen LogP) is 6.99. The molecule has 1 aliphatic carbocycles. The van der Waals surface area contributed by atoms with E-state index >= 15 is 0 Å². The third-order valence-electron chi connectivity index (χ3n) is 6.08. The third-order valence-corrected chi connectivity index (χ3v) is 6.08. The van der Waals surface area contributed by atoms with Crippen molar-refractivity contribution in [2.45, 2.75) is 27.2 Å². The van der Waals surface area contributed by atoms with Gasteiger partial charge < -0.3 is 0 Å². The molecule has 0 N–H and O–H groups in total. The summed E-state index contributed by atoms with van der Waals surface area (Å²) >= 11 is 0. The van der Waals surface area contributed by atoms with Crippen molar-refractivity contribution in [2.24, 2.45) is 5.92 Å². The van der Waals surface area contributed by atoms with Crippen LogP contribution in [0.15, 0.2) is 96.1 Å². The maximum absolute atomic E-state index is 12.8. The van der Waals surface area contributed by atoms with Crippen LogP contribution in [0.2, 0.25) is 0 Å². The van der Waals surface area contributed by atoms with Gasteiger partial charge in [-0.15, -0.1) is 0 Å². The lowest BCUT2D eigenvalue weighted by molar-refractivity contribution is 0.102. The summed E-state index contributed by atoms with van der Waals surface area (Å²) in [7, 11) is 0. The molecule has 0 heterocycles. The molecule has 4 rings (SSSR count). The minimum absolute atomic E-state index is 0.0202. The number of Topliss-reactive ketones (excluding diaryl/α,β-unsaturated/α-hetero) is 1. The van der Waals surface area contributed by atoms with E-state index in [9.17, 15) is 9.59 Å². The van der Waals surface area contributed by atoms with E-state index in [1.165, 1.54) is 5.57 Å². The first-order valence-electron chi connectivity index (χ1n) is 10.7. The molecule has 154 valence electrons. The number of hydrogen-bond acceptors (Lipinski definition) is 2. The molecule has 0 aliphatic heterocycles. The van der Waals surface area contributed by atoms with E-state index in [4.69, 9.17) is 0 Å². The minimum atomic E-state index is 0.0202. The fourth-order valence-electron chi connectivity index (χ4n) is 3.81. The smallest absolute Gasteiger partial charge is 0.193 e. The van der Waals surface area contributed by atoms with E-state index in [1.54, 1.807) is 0 Å². The van der Waals surface area contributed by atoms with Gasteiger partial charge in [0.1, 0.15) is 0 Å². The summed E-state index contributed by atoms with van der Waals surface area (Å²) in [6.45, 7) is 6.27. The molecule has 0 saturated heterocycles. The van der Waals surface area contributed by atoms with Crippen molar-refractivity contribution in [1.29, 1.82) is 0 Å². The summed E-state index contributed by atoms with van der Waals surface area (Å²) in [6.07, 6.45) is 4.80. The number of ketones is 2. The van der Waals surface area contributed by atoms with E-state index in [0.717, 1.165) is 28.7 Å². The number of aryl methyl sites for hydroxylation is 1. The van der Waals surface area contributed by atoms with Gasteiger partial charge in [0.25, 0.3) is 0 Å². The Labute approximate surface area is 183 Å². The van der Waals surface area contributed by atoms with E-state index in [-0.39, 0.29) is 11.6 Å². The standard InChI is InChI=1S/C29H26O2/c1-19-4-7-24(8-5-19)28(30)25-14-10-22(11-15-25)23-12-16-26(17-13-23)29(31)27-9-6-20(2)21(3)18-27/h4-17,21H,18H2,1-3H3. The minimum Gasteiger partial charge on any atom is -0.289 e. The molecule has 0 radical (unpaired) electrons. The van der Waals surface area contributed by atoms with Gasteiger partial charge in [0.2, 0.25) is 0 Å². The second kappa shape index (κ2) is 8.69. The molecule has 1 unspecified atom stereocenters. The van der Waals surface area contributed by atoms with Crippen LogP contribution in [0.5, 0.6) is 0 Å². The highest BCUT2D eigenvalue weighted by atomic mass is 16.1. The maximum Gasteiger partial charge on any atom is 0.193 e. The number of carbonyl (C=O) groups is 2. The lowest BCUT2D eigenvalue weighted by atomic mass is 9.86. The van der Waals surface area contributed by atoms with Gasteiger partial charge >= 0.3 is 0 Å². The third kappa shape index (κ3) is 4.49. The SMILES string of the molecule is CC1=CC=C(C(=O)c2ccc(-c3ccc(C(=O)c4ccc(C)cc4)cc3)cc2)CC1C. The fraction of sp³-hybridized carbons (Fsp3) is 0.172. The normalized spacial score (nSPS) is 15.8. The zero-order valence-corrected chi connectivity index (χ0v) is 18.2. The number of rotatable bonds is 5. The van der Waals surface area contributed by atoms with Crippen LogP contribution in [-0.2, 0) is 0 Å². The van der Waals surface area contributed by atoms with Crippen molar-refractivity contribution in [2.75, 3.05) is 0 Å². The van der Waals surface area contributed by atoms with Gasteiger partial charge in [-0.1, -0.05) is 103 Å². The molecular weight excluding hydrogens is 380 g/mol. The number of hydrogen-bond donors (Lipinski definition) is 0. The molecule has 1 atom stereocenters. The Balaban J connectivity index is 1.50. The van der Waals surface area contributed by atoms with Crippen LogP contribution in [0.4, 0.5) is 0 Å². The van der Waals surface area contributed by atoms with Gasteiger partial charge in [-0.2, -0.15) is 0 Å². The molecule has 3 aromatic rings. The second-order valence-electron chi connectivity index (χ2n) is 8.39. The van der Waals surface area contributed by atoms with E-state index in [2.05, 4.69) is 19.9 Å². The zero-order valence-electron chi connectivity index (χ0n) is 18.2. The summed E-state index contributed by atoms with van der Waals surface area (Å²) in [5.74, 6) is 0.525. The number of benzene rings is 3. The van der Waals surface area contributed by atoms with Crippen molar-refractivity contribution >= 4 is 11.6 Å². The van der Waals surface area contributed by atoms with Gasteiger partial charge in [-0.3, -0.25) is 9.59 Å². The monoisotopic (exact) mass is 406 g/mol. The second-order valence-corrected chi connectivity index (χ2v) is 8.39. The highest BCUT2D eigenvalue weighted by Crippen LogP contribution is 2.28. The van der Waals surface area contributed by atoms with Crippen LogP contribution in [0.3, 0.4) is 0 Å². The highest BCUT2D eigenvalue weighted by Gasteiger charge is 2.18. The first kappa shape index (κ1) is 20.7. The van der Waals surface area contributed by atoms with Crippen LogP contribution in [0.25, 0.3) is 11.1 Å². The largest absolute Gasteiger partial charge is 0.289 e. The molecule has 0 bridgehead atoms. The Morgan fingerprint density at radius 2 is 1.10 bits per heavy atom. The van der Waals surface area contributed by atoms with Crippen LogP contribution >= 0.6 is 0 Å². The quantitative estimate of drug-likeness (QED) is 0.428. The van der Waals surface area contributed by atoms with Crippen molar-refractivity contribution in [3.05, 3.63) is 118 Å². The Kier molecular flexibility index (Phi) is 5.81. The van der Waals surface area contributed by atoms with Gasteiger partial charge in [0.05, 0.1) is 0 Å². The van der Waals surface area contributed by atoms with E-state index < -0.39 is 0 Å². The first-order chi connectivity index (χ1) is 14.9. The molecule has 0 saturated carbocycles. The van der Waals surface area contributed by atoms with Gasteiger partial charge in [-0.25, -0.2) is 0 Å². The summed E-state index contributed by atoms with van der Waals surface area (Å²) < 4.78 is 0. The summed E-state index contributed by atoms with van der Waals surface area (Å²) in [4.78, 5) is 25.5. The molecule has 3 aromatic carbocycles. The van der Waals surface area contributed by atoms with Crippen LogP contribution < -0.4 is 0 Å². The molecule has 2 heteroatoms. The van der Waals surface area contributed by atoms with Crippen molar-refractivity contribution < 1.29 is 9.59 Å². The Bertz CT molecular complexity index is 1170. The summed E-state index contributed by atoms with van der Waals surface area (Å²) in [6, 6.07) is 23.0. The molecular formula is C29H26O2. The van der Waals surface area contributed by atoms with Crippen molar-refractivity contribution in [3.8, 4) is 11.1 Å². The lowest BCUT2D eigenvalue weighted by Crippen LogP contribution is -2.11. The average Bonchev–Trinajstić information content (AvgIpc) is 2.81. The van der Waals surface area contributed by atoms with Crippen LogP contribution in [-0.4, -0.2) is 11.6 Å². The summed E-state index contributed by atoms with van der Waals surface area (Å²) in [5, 5.41) is 0. The molecule has 31 heavy (non-hydrogen) atoms. The summed E-state index contributed by atoms with van der Waals surface area (Å²) in [5.41, 5.74) is 7.42. The molecule has 0 amide bonds. The van der Waals surface area contributed by atoms with Crippen molar-refractivity contribution in [3.63, 3.8) is 0 Å². The topological polar surface area (TPSA) is 34.1 Å². The first-order valence-corrected chi connectivity index (χ1v) is 10.7. The average molecular weight is 407 g/mol. The number of carbonyl (C=O) groups excluding carboxylic acids is 2. The predicted molar refractivity (Wildman–Crippen MR) is 126 cm³/mol. The molecule has 1 aliphatic rings. The highest BCUT2D eigenvalue weighted by molar-refractivity contribution is 6.10. The Morgan fingerprint density at radius 3 is 1.58 bits per heavy atom. The van der Waals surface area contributed by atoms with E-state index in [0.29, 0.717) is 22.6 Å². The molecule has 2 nitrogen and oxygen atoms in total. The Hall–Kier alpha value is -3.52. The zero-order chi connectivity index (χ0) is 22.0. The Morgan fingerprint density at radius 1 is 0.645 bits per heavy atom.